The maximum Gasteiger partial charge on any atom is 0.255 e. The van der Waals surface area contributed by atoms with E-state index in [1.807, 2.05) is 6.07 Å². The van der Waals surface area contributed by atoms with E-state index in [1.165, 1.54) is 19.3 Å². The number of aromatic nitrogens is 1. The van der Waals surface area contributed by atoms with Gasteiger partial charge in [-0.05, 0) is 67.6 Å². The Morgan fingerprint density at radius 2 is 2.14 bits per heavy atom. The van der Waals surface area contributed by atoms with Crippen molar-refractivity contribution >= 4 is 0 Å². The van der Waals surface area contributed by atoms with Crippen LogP contribution in [0.25, 0.3) is 11.1 Å². The van der Waals surface area contributed by atoms with Gasteiger partial charge in [-0.25, -0.2) is 0 Å². The first kappa shape index (κ1) is 14.9. The molecule has 1 saturated heterocycles. The van der Waals surface area contributed by atoms with Crippen molar-refractivity contribution < 1.29 is 5.11 Å². The Morgan fingerprint density at radius 1 is 1.23 bits per heavy atom. The number of phenolic OH excluding ortho intramolecular Hbond substituents is 1. The second-order valence-corrected chi connectivity index (χ2v) is 5.99. The molecule has 22 heavy (non-hydrogen) atoms. The summed E-state index contributed by atoms with van der Waals surface area (Å²) in [6.07, 6.45) is 7.37. The van der Waals surface area contributed by atoms with Gasteiger partial charge in [0.25, 0.3) is 5.56 Å². The third-order valence-electron chi connectivity index (χ3n) is 4.30. The van der Waals surface area contributed by atoms with Gasteiger partial charge in [-0.1, -0.05) is 12.5 Å². The summed E-state index contributed by atoms with van der Waals surface area (Å²) in [6.45, 7) is 1.11. The average Bonchev–Trinajstić information content (AvgIpc) is 2.54. The maximum absolute atomic E-state index is 11.9. The molecule has 3 N–H and O–H groups in total. The monoisotopic (exact) mass is 298 g/mol. The Morgan fingerprint density at radius 3 is 2.91 bits per heavy atom. The van der Waals surface area contributed by atoms with Crippen LogP contribution >= 0.6 is 0 Å². The van der Waals surface area contributed by atoms with E-state index in [-0.39, 0.29) is 11.3 Å². The van der Waals surface area contributed by atoms with Crippen molar-refractivity contribution in [2.24, 2.45) is 0 Å². The molecule has 1 fully saturated rings. The average molecular weight is 298 g/mol. The van der Waals surface area contributed by atoms with Gasteiger partial charge >= 0.3 is 0 Å². The lowest BCUT2D eigenvalue weighted by Crippen LogP contribution is -2.34. The van der Waals surface area contributed by atoms with Gasteiger partial charge in [-0.2, -0.15) is 0 Å². The summed E-state index contributed by atoms with van der Waals surface area (Å²) in [4.78, 5) is 14.6. The van der Waals surface area contributed by atoms with E-state index in [0.29, 0.717) is 11.6 Å². The Kier molecular flexibility index (Phi) is 4.59. The van der Waals surface area contributed by atoms with Gasteiger partial charge in [0.15, 0.2) is 0 Å². The fraction of sp³-hybridized carbons (Fsp3) is 0.389. The summed E-state index contributed by atoms with van der Waals surface area (Å²) < 4.78 is 0. The Bertz CT molecular complexity index is 687. The molecule has 3 rings (SSSR count). The first-order valence-electron chi connectivity index (χ1n) is 7.97. The van der Waals surface area contributed by atoms with Crippen LogP contribution in [0.4, 0.5) is 0 Å². The van der Waals surface area contributed by atoms with Crippen molar-refractivity contribution in [3.63, 3.8) is 0 Å². The molecular weight excluding hydrogens is 276 g/mol. The Hall–Kier alpha value is -2.07. The zero-order valence-electron chi connectivity index (χ0n) is 12.6. The molecule has 0 amide bonds. The fourth-order valence-electron chi connectivity index (χ4n) is 3.13. The fourth-order valence-corrected chi connectivity index (χ4v) is 3.13. The second kappa shape index (κ2) is 6.79. The summed E-state index contributed by atoms with van der Waals surface area (Å²) in [5.41, 5.74) is 2.31. The van der Waals surface area contributed by atoms with Crippen LogP contribution in [0, 0.1) is 0 Å². The zero-order chi connectivity index (χ0) is 15.4. The molecule has 1 atom stereocenters. The van der Waals surface area contributed by atoms with Crippen LogP contribution in [0.15, 0.2) is 41.3 Å². The molecule has 4 nitrogen and oxygen atoms in total. The number of rotatable bonds is 4. The highest BCUT2D eigenvalue weighted by atomic mass is 16.3. The van der Waals surface area contributed by atoms with Gasteiger partial charge in [0.2, 0.25) is 0 Å². The van der Waals surface area contributed by atoms with E-state index in [9.17, 15) is 9.90 Å². The molecule has 1 aliphatic heterocycles. The number of nitrogens with one attached hydrogen (secondary N) is 2. The number of hydrogen-bond donors (Lipinski definition) is 3. The minimum atomic E-state index is -0.131. The summed E-state index contributed by atoms with van der Waals surface area (Å²) in [5.74, 6) is 0.215. The lowest BCUT2D eigenvalue weighted by atomic mass is 9.96. The van der Waals surface area contributed by atoms with Gasteiger partial charge in [0.05, 0.1) is 0 Å². The number of benzene rings is 1. The number of aromatic amines is 1. The summed E-state index contributed by atoms with van der Waals surface area (Å²) in [6, 6.07) is 9.59. The molecular formula is C18H22N2O2. The van der Waals surface area contributed by atoms with Crippen molar-refractivity contribution in [2.45, 2.75) is 38.1 Å². The zero-order valence-corrected chi connectivity index (χ0v) is 12.6. The van der Waals surface area contributed by atoms with Gasteiger partial charge in [-0.15, -0.1) is 0 Å². The summed E-state index contributed by atoms with van der Waals surface area (Å²) in [7, 11) is 0. The van der Waals surface area contributed by atoms with Crippen molar-refractivity contribution in [1.29, 1.82) is 0 Å². The van der Waals surface area contributed by atoms with E-state index in [0.717, 1.165) is 30.5 Å². The van der Waals surface area contributed by atoms with E-state index >= 15 is 0 Å². The maximum atomic E-state index is 11.9. The van der Waals surface area contributed by atoms with Gasteiger partial charge in [0, 0.05) is 17.8 Å². The van der Waals surface area contributed by atoms with E-state index < -0.39 is 0 Å². The van der Waals surface area contributed by atoms with Crippen molar-refractivity contribution in [2.75, 3.05) is 6.54 Å². The highest BCUT2D eigenvalue weighted by Gasteiger charge is 2.13. The molecule has 0 aliphatic carbocycles. The molecule has 1 aromatic carbocycles. The smallest absolute Gasteiger partial charge is 0.255 e. The SMILES string of the molecule is O=c1[nH]cccc1-c1cc(O)cc(CCC2CCCCN2)c1. The van der Waals surface area contributed by atoms with Crippen LogP contribution in [0.3, 0.4) is 0 Å². The normalized spacial score (nSPS) is 18.3. The number of aryl methyl sites for hydroxylation is 1. The largest absolute Gasteiger partial charge is 0.508 e. The number of hydrogen-bond acceptors (Lipinski definition) is 3. The highest BCUT2D eigenvalue weighted by Crippen LogP contribution is 2.24. The molecule has 1 aromatic heterocycles. The van der Waals surface area contributed by atoms with Crippen LogP contribution in [-0.4, -0.2) is 22.7 Å². The molecule has 0 bridgehead atoms. The van der Waals surface area contributed by atoms with Crippen LogP contribution in [0.5, 0.6) is 5.75 Å². The standard InChI is InChI=1S/C18H22N2O2/c21-16-11-13(6-7-15-4-1-2-8-19-15)10-14(12-16)17-5-3-9-20-18(17)22/h3,5,9-12,15,19,21H,1-2,4,6-8H2,(H,20,22). The van der Waals surface area contributed by atoms with Gasteiger partial charge in [-0.3, -0.25) is 4.79 Å². The molecule has 0 radical (unpaired) electrons. The van der Waals surface area contributed by atoms with Crippen molar-refractivity contribution in [3.05, 3.63) is 52.4 Å². The Balaban J connectivity index is 1.78. The predicted octanol–water partition coefficient (Wildman–Crippen LogP) is 2.82. The van der Waals surface area contributed by atoms with Crippen LogP contribution in [0.2, 0.25) is 0 Å². The van der Waals surface area contributed by atoms with Gasteiger partial charge < -0.3 is 15.4 Å². The highest BCUT2D eigenvalue weighted by molar-refractivity contribution is 5.65. The van der Waals surface area contributed by atoms with Crippen LogP contribution < -0.4 is 10.9 Å². The molecule has 116 valence electrons. The third-order valence-corrected chi connectivity index (χ3v) is 4.30. The topological polar surface area (TPSA) is 65.1 Å². The number of pyridine rings is 1. The number of aromatic hydroxyl groups is 1. The molecule has 2 aromatic rings. The number of phenols is 1. The van der Waals surface area contributed by atoms with Crippen molar-refractivity contribution in [3.8, 4) is 16.9 Å². The predicted molar refractivity (Wildman–Crippen MR) is 88.1 cm³/mol. The lowest BCUT2D eigenvalue weighted by Gasteiger charge is -2.23. The first-order valence-corrected chi connectivity index (χ1v) is 7.97. The third kappa shape index (κ3) is 3.57. The van der Waals surface area contributed by atoms with Crippen LogP contribution in [0.1, 0.15) is 31.2 Å². The second-order valence-electron chi connectivity index (χ2n) is 5.99. The lowest BCUT2D eigenvalue weighted by molar-refractivity contribution is 0.382. The van der Waals surface area contributed by atoms with Crippen molar-refractivity contribution in [1.82, 2.24) is 10.3 Å². The molecule has 0 saturated carbocycles. The molecule has 0 spiro atoms. The number of H-pyrrole nitrogens is 1. The molecule has 4 heteroatoms. The first-order chi connectivity index (χ1) is 10.7. The van der Waals surface area contributed by atoms with Crippen LogP contribution in [-0.2, 0) is 6.42 Å². The molecule has 2 heterocycles. The van der Waals surface area contributed by atoms with E-state index in [2.05, 4.69) is 10.3 Å². The molecule has 1 aliphatic rings. The minimum Gasteiger partial charge on any atom is -0.508 e. The van der Waals surface area contributed by atoms with Gasteiger partial charge in [0.1, 0.15) is 5.75 Å². The number of piperidine rings is 1. The van der Waals surface area contributed by atoms with E-state index in [1.54, 1.807) is 30.5 Å². The minimum absolute atomic E-state index is 0.131. The van der Waals surface area contributed by atoms with E-state index in [4.69, 9.17) is 0 Å². The Labute approximate surface area is 130 Å². The molecule has 1 unspecified atom stereocenters. The summed E-state index contributed by atoms with van der Waals surface area (Å²) >= 11 is 0. The summed E-state index contributed by atoms with van der Waals surface area (Å²) in [5, 5.41) is 13.5. The quantitative estimate of drug-likeness (QED) is 0.813.